The van der Waals surface area contributed by atoms with Gasteiger partial charge in [-0.05, 0) is 37.8 Å². The fourth-order valence-corrected chi connectivity index (χ4v) is 3.74. The van der Waals surface area contributed by atoms with Crippen LogP contribution in [-0.4, -0.2) is 38.7 Å². The molecule has 4 rings (SSSR count). The second-order valence-electron chi connectivity index (χ2n) is 6.50. The first kappa shape index (κ1) is 14.5. The minimum Gasteiger partial charge on any atom is -0.459 e. The normalized spacial score (nSPS) is 21.7. The van der Waals surface area contributed by atoms with Gasteiger partial charge < -0.3 is 13.9 Å². The number of piperidine rings is 1. The Bertz CT molecular complexity index is 677. The van der Waals surface area contributed by atoms with Crippen molar-refractivity contribution in [3.8, 4) is 0 Å². The average molecular weight is 314 g/mol. The molecule has 1 saturated heterocycles. The minimum absolute atomic E-state index is 0.0182. The molecule has 0 radical (unpaired) electrons. The summed E-state index contributed by atoms with van der Waals surface area (Å²) < 4.78 is 7.56. The fourth-order valence-electron chi connectivity index (χ4n) is 3.74. The lowest BCUT2D eigenvalue weighted by Crippen LogP contribution is -2.39. The van der Waals surface area contributed by atoms with Gasteiger partial charge in [0.05, 0.1) is 6.26 Å². The van der Waals surface area contributed by atoms with E-state index in [-0.39, 0.29) is 11.8 Å². The fraction of sp³-hybridized carbons (Fsp3) is 0.588. The SMILES string of the molecule is O=C(c1ccco1)N1CCCC(c2nnc3n2CCCCC3)C1. The maximum atomic E-state index is 12.5. The van der Waals surface area contributed by atoms with Gasteiger partial charge in [-0.25, -0.2) is 0 Å². The van der Waals surface area contributed by atoms with Gasteiger partial charge in [0.2, 0.25) is 0 Å². The van der Waals surface area contributed by atoms with Crippen molar-refractivity contribution in [2.45, 2.75) is 51.0 Å². The lowest BCUT2D eigenvalue weighted by Gasteiger charge is -2.32. The van der Waals surface area contributed by atoms with Crippen molar-refractivity contribution < 1.29 is 9.21 Å². The molecule has 0 aliphatic carbocycles. The van der Waals surface area contributed by atoms with Crippen molar-refractivity contribution in [3.05, 3.63) is 35.8 Å². The standard InChI is InChI=1S/C17H22N4O2/c22-17(14-7-5-11-23-14)20-9-4-6-13(12-20)16-19-18-15-8-2-1-3-10-21(15)16/h5,7,11,13H,1-4,6,8-10,12H2. The van der Waals surface area contributed by atoms with Crippen LogP contribution < -0.4 is 0 Å². The van der Waals surface area contributed by atoms with Crippen LogP contribution in [0.1, 0.15) is 60.2 Å². The third kappa shape index (κ3) is 2.78. The smallest absolute Gasteiger partial charge is 0.289 e. The first-order valence-corrected chi connectivity index (χ1v) is 8.57. The Morgan fingerprint density at radius 2 is 2.13 bits per heavy atom. The summed E-state index contributed by atoms with van der Waals surface area (Å²) in [6.45, 7) is 2.51. The summed E-state index contributed by atoms with van der Waals surface area (Å²) in [5, 5.41) is 8.87. The minimum atomic E-state index is -0.0182. The molecule has 1 amide bonds. The topological polar surface area (TPSA) is 64.2 Å². The number of hydrogen-bond donors (Lipinski definition) is 0. The maximum absolute atomic E-state index is 12.5. The molecule has 2 aliphatic heterocycles. The van der Waals surface area contributed by atoms with Crippen LogP contribution in [-0.2, 0) is 13.0 Å². The molecule has 1 unspecified atom stereocenters. The predicted octanol–water partition coefficient (Wildman–Crippen LogP) is 2.62. The van der Waals surface area contributed by atoms with E-state index in [0.717, 1.165) is 44.0 Å². The molecular formula is C17H22N4O2. The van der Waals surface area contributed by atoms with E-state index in [1.807, 2.05) is 4.90 Å². The highest BCUT2D eigenvalue weighted by atomic mass is 16.3. The Labute approximate surface area is 135 Å². The van der Waals surface area contributed by atoms with Gasteiger partial charge in [0.1, 0.15) is 11.6 Å². The summed E-state index contributed by atoms with van der Waals surface area (Å²) in [6, 6.07) is 3.49. The van der Waals surface area contributed by atoms with Crippen molar-refractivity contribution in [1.82, 2.24) is 19.7 Å². The van der Waals surface area contributed by atoms with Crippen LogP contribution in [0.3, 0.4) is 0 Å². The van der Waals surface area contributed by atoms with Crippen molar-refractivity contribution in [2.75, 3.05) is 13.1 Å². The number of likely N-dealkylation sites (tertiary alicyclic amines) is 1. The van der Waals surface area contributed by atoms with Crippen LogP contribution in [0.5, 0.6) is 0 Å². The van der Waals surface area contributed by atoms with Gasteiger partial charge in [-0.1, -0.05) is 6.42 Å². The Hall–Kier alpha value is -2.11. The molecule has 6 nitrogen and oxygen atoms in total. The summed E-state index contributed by atoms with van der Waals surface area (Å²) in [7, 11) is 0. The number of carbonyl (C=O) groups excluding carboxylic acids is 1. The largest absolute Gasteiger partial charge is 0.459 e. The van der Waals surface area contributed by atoms with Gasteiger partial charge in [0.25, 0.3) is 5.91 Å². The molecule has 23 heavy (non-hydrogen) atoms. The summed E-state index contributed by atoms with van der Waals surface area (Å²) in [5.41, 5.74) is 0. The number of aromatic nitrogens is 3. The van der Waals surface area contributed by atoms with Gasteiger partial charge in [0, 0.05) is 32.0 Å². The third-order valence-electron chi connectivity index (χ3n) is 4.94. The summed E-state index contributed by atoms with van der Waals surface area (Å²) in [6.07, 6.45) is 8.30. The predicted molar refractivity (Wildman–Crippen MR) is 84.2 cm³/mol. The van der Waals surface area contributed by atoms with Gasteiger partial charge in [-0.3, -0.25) is 4.79 Å². The Kier molecular flexibility index (Phi) is 3.89. The maximum Gasteiger partial charge on any atom is 0.289 e. The van der Waals surface area contributed by atoms with Crippen molar-refractivity contribution in [3.63, 3.8) is 0 Å². The van der Waals surface area contributed by atoms with E-state index < -0.39 is 0 Å². The van der Waals surface area contributed by atoms with E-state index in [4.69, 9.17) is 4.42 Å². The number of fused-ring (bicyclic) bond motifs is 1. The Balaban J connectivity index is 1.54. The second-order valence-corrected chi connectivity index (χ2v) is 6.50. The molecule has 0 saturated carbocycles. The number of rotatable bonds is 2. The van der Waals surface area contributed by atoms with Crippen molar-refractivity contribution in [2.24, 2.45) is 0 Å². The molecule has 0 N–H and O–H groups in total. The first-order valence-electron chi connectivity index (χ1n) is 8.57. The second kappa shape index (κ2) is 6.18. The third-order valence-corrected chi connectivity index (χ3v) is 4.94. The van der Waals surface area contributed by atoms with E-state index in [1.54, 1.807) is 18.4 Å². The van der Waals surface area contributed by atoms with E-state index >= 15 is 0 Å². The monoisotopic (exact) mass is 314 g/mol. The zero-order chi connectivity index (χ0) is 15.6. The van der Waals surface area contributed by atoms with E-state index in [9.17, 15) is 4.79 Å². The summed E-state index contributed by atoms with van der Waals surface area (Å²) in [4.78, 5) is 14.4. The lowest BCUT2D eigenvalue weighted by molar-refractivity contribution is 0.0671. The van der Waals surface area contributed by atoms with Gasteiger partial charge in [-0.15, -0.1) is 10.2 Å². The number of carbonyl (C=O) groups is 1. The molecule has 1 atom stereocenters. The van der Waals surface area contributed by atoms with Crippen LogP contribution in [0, 0.1) is 0 Å². The van der Waals surface area contributed by atoms with Crippen molar-refractivity contribution >= 4 is 5.91 Å². The van der Waals surface area contributed by atoms with E-state index in [0.29, 0.717) is 12.3 Å². The number of nitrogens with zero attached hydrogens (tertiary/aromatic N) is 4. The molecule has 2 aromatic rings. The molecule has 0 aromatic carbocycles. The number of amides is 1. The molecule has 0 spiro atoms. The van der Waals surface area contributed by atoms with Crippen LogP contribution in [0.4, 0.5) is 0 Å². The molecule has 2 aliphatic rings. The molecule has 4 heterocycles. The summed E-state index contributed by atoms with van der Waals surface area (Å²) in [5.74, 6) is 2.87. The molecular weight excluding hydrogens is 292 g/mol. The molecule has 0 bridgehead atoms. The Morgan fingerprint density at radius 3 is 3.00 bits per heavy atom. The zero-order valence-corrected chi connectivity index (χ0v) is 13.3. The van der Waals surface area contributed by atoms with Crippen LogP contribution in [0.2, 0.25) is 0 Å². The van der Waals surface area contributed by atoms with E-state index in [1.165, 1.54) is 19.3 Å². The van der Waals surface area contributed by atoms with Gasteiger partial charge in [0.15, 0.2) is 5.76 Å². The Morgan fingerprint density at radius 1 is 1.17 bits per heavy atom. The molecule has 6 heteroatoms. The highest BCUT2D eigenvalue weighted by molar-refractivity contribution is 5.91. The summed E-state index contributed by atoms with van der Waals surface area (Å²) >= 11 is 0. The lowest BCUT2D eigenvalue weighted by atomic mass is 9.96. The molecule has 2 aromatic heterocycles. The van der Waals surface area contributed by atoms with Gasteiger partial charge >= 0.3 is 0 Å². The van der Waals surface area contributed by atoms with Crippen molar-refractivity contribution in [1.29, 1.82) is 0 Å². The zero-order valence-electron chi connectivity index (χ0n) is 13.3. The van der Waals surface area contributed by atoms with Crippen LogP contribution >= 0.6 is 0 Å². The average Bonchev–Trinajstić information content (AvgIpc) is 3.20. The van der Waals surface area contributed by atoms with Crippen LogP contribution in [0.25, 0.3) is 0 Å². The number of furan rings is 1. The number of hydrogen-bond acceptors (Lipinski definition) is 4. The van der Waals surface area contributed by atoms with Crippen LogP contribution in [0.15, 0.2) is 22.8 Å². The molecule has 122 valence electrons. The highest BCUT2D eigenvalue weighted by Crippen LogP contribution is 2.28. The van der Waals surface area contributed by atoms with E-state index in [2.05, 4.69) is 14.8 Å². The first-order chi connectivity index (χ1) is 11.3. The molecule has 1 fully saturated rings. The number of aryl methyl sites for hydroxylation is 1. The highest BCUT2D eigenvalue weighted by Gasteiger charge is 2.30. The quantitative estimate of drug-likeness (QED) is 0.855. The van der Waals surface area contributed by atoms with Gasteiger partial charge in [-0.2, -0.15) is 0 Å².